The monoisotopic (exact) mass is 361 g/mol. The average molecular weight is 361 g/mol. The van der Waals surface area contributed by atoms with Crippen LogP contribution >= 0.6 is 0 Å². The third-order valence-electron chi connectivity index (χ3n) is 4.83. The van der Waals surface area contributed by atoms with Gasteiger partial charge < -0.3 is 19.9 Å². The van der Waals surface area contributed by atoms with Crippen molar-refractivity contribution in [3.8, 4) is 5.75 Å². The first-order valence-electron chi connectivity index (χ1n) is 9.44. The van der Waals surface area contributed by atoms with E-state index in [1.165, 1.54) is 5.56 Å². The average Bonchev–Trinajstić information content (AvgIpc) is 2.67. The zero-order valence-electron chi connectivity index (χ0n) is 16.3. The summed E-state index contributed by atoms with van der Waals surface area (Å²) >= 11 is 0. The van der Waals surface area contributed by atoms with E-state index in [4.69, 9.17) is 4.74 Å². The Labute approximate surface area is 156 Å². The van der Waals surface area contributed by atoms with Crippen LogP contribution in [0.15, 0.2) is 24.3 Å². The van der Waals surface area contributed by atoms with E-state index in [1.807, 2.05) is 43.1 Å². The fourth-order valence-electron chi connectivity index (χ4n) is 3.17. The molecule has 2 unspecified atom stereocenters. The molecule has 0 radical (unpaired) electrons. The molecule has 2 amide bonds. The molecule has 1 aromatic rings. The molecule has 0 bridgehead atoms. The number of nitrogens with zero attached hydrogens (tertiary/aromatic N) is 2. The lowest BCUT2D eigenvalue weighted by Gasteiger charge is -2.37. The van der Waals surface area contributed by atoms with Crippen molar-refractivity contribution in [3.63, 3.8) is 0 Å². The molecule has 26 heavy (non-hydrogen) atoms. The maximum atomic E-state index is 12.6. The summed E-state index contributed by atoms with van der Waals surface area (Å²) in [6.45, 7) is 8.75. The Morgan fingerprint density at radius 1 is 1.04 bits per heavy atom. The molecule has 1 saturated heterocycles. The summed E-state index contributed by atoms with van der Waals surface area (Å²) in [5.41, 5.74) is 1.24. The van der Waals surface area contributed by atoms with Crippen molar-refractivity contribution in [3.05, 3.63) is 29.8 Å². The molecule has 0 spiro atoms. The van der Waals surface area contributed by atoms with E-state index in [2.05, 4.69) is 12.2 Å². The van der Waals surface area contributed by atoms with Gasteiger partial charge in [0.25, 0.3) is 5.91 Å². The number of aryl methyl sites for hydroxylation is 1. The van der Waals surface area contributed by atoms with Gasteiger partial charge in [-0.05, 0) is 38.1 Å². The van der Waals surface area contributed by atoms with Gasteiger partial charge in [0, 0.05) is 38.6 Å². The van der Waals surface area contributed by atoms with Crippen LogP contribution in [0.25, 0.3) is 0 Å². The molecular formula is C20H31N3O3. The number of rotatable bonds is 7. The minimum atomic E-state index is -0.534. The molecular weight excluding hydrogens is 330 g/mol. The first-order chi connectivity index (χ1) is 12.5. The summed E-state index contributed by atoms with van der Waals surface area (Å²) in [7, 11) is 1.84. The Morgan fingerprint density at radius 2 is 1.58 bits per heavy atom. The Hall–Kier alpha value is -2.08. The summed E-state index contributed by atoms with van der Waals surface area (Å²) < 4.78 is 5.79. The van der Waals surface area contributed by atoms with E-state index in [9.17, 15) is 9.59 Å². The van der Waals surface area contributed by atoms with Gasteiger partial charge in [-0.2, -0.15) is 0 Å². The maximum absolute atomic E-state index is 12.6. The van der Waals surface area contributed by atoms with Gasteiger partial charge in [-0.1, -0.05) is 26.0 Å². The highest BCUT2D eigenvalue weighted by molar-refractivity contribution is 5.82. The van der Waals surface area contributed by atoms with Crippen LogP contribution in [0, 0.1) is 5.92 Å². The second-order valence-corrected chi connectivity index (χ2v) is 6.87. The molecule has 144 valence electrons. The maximum Gasteiger partial charge on any atom is 0.263 e. The normalized spacial score (nSPS) is 16.9. The van der Waals surface area contributed by atoms with E-state index < -0.39 is 6.10 Å². The summed E-state index contributed by atoms with van der Waals surface area (Å²) in [5.74, 6) is 0.778. The minimum Gasteiger partial charge on any atom is -0.481 e. The lowest BCUT2D eigenvalue weighted by molar-refractivity contribution is -0.145. The fourth-order valence-corrected chi connectivity index (χ4v) is 3.17. The van der Waals surface area contributed by atoms with Crippen molar-refractivity contribution >= 4 is 11.8 Å². The van der Waals surface area contributed by atoms with Crippen molar-refractivity contribution in [1.29, 1.82) is 0 Å². The van der Waals surface area contributed by atoms with E-state index in [1.54, 1.807) is 11.8 Å². The van der Waals surface area contributed by atoms with E-state index >= 15 is 0 Å². The number of nitrogens with one attached hydrogen (secondary N) is 1. The number of carbonyl (C=O) groups excluding carboxylic acids is 2. The Bertz CT molecular complexity index is 595. The van der Waals surface area contributed by atoms with Crippen LogP contribution in [0.2, 0.25) is 0 Å². The van der Waals surface area contributed by atoms with Crippen molar-refractivity contribution in [2.45, 2.75) is 33.3 Å². The van der Waals surface area contributed by atoms with Gasteiger partial charge in [-0.25, -0.2) is 0 Å². The standard InChI is InChI=1S/C20H31N3O3/c1-5-17-6-8-18(9-7-17)26-16(3)20(25)23-12-10-22(11-13-23)19(24)15(2)14-21-4/h6-9,15-16,21H,5,10-14H2,1-4H3. The van der Waals surface area contributed by atoms with Crippen LogP contribution in [0.1, 0.15) is 26.3 Å². The van der Waals surface area contributed by atoms with Crippen LogP contribution in [-0.2, 0) is 16.0 Å². The molecule has 0 saturated carbocycles. The third-order valence-corrected chi connectivity index (χ3v) is 4.83. The Morgan fingerprint density at radius 3 is 2.08 bits per heavy atom. The Balaban J connectivity index is 1.83. The number of benzene rings is 1. The van der Waals surface area contributed by atoms with E-state index in [0.29, 0.717) is 38.5 Å². The highest BCUT2D eigenvalue weighted by Gasteiger charge is 2.29. The predicted molar refractivity (Wildman–Crippen MR) is 102 cm³/mol. The molecule has 1 heterocycles. The molecule has 1 fully saturated rings. The van der Waals surface area contributed by atoms with Crippen LogP contribution < -0.4 is 10.1 Å². The quantitative estimate of drug-likeness (QED) is 0.800. The molecule has 1 aliphatic heterocycles. The van der Waals surface area contributed by atoms with Gasteiger partial charge in [-0.3, -0.25) is 9.59 Å². The third kappa shape index (κ3) is 5.21. The Kier molecular flexibility index (Phi) is 7.45. The molecule has 6 nitrogen and oxygen atoms in total. The van der Waals surface area contributed by atoms with Gasteiger partial charge in [-0.15, -0.1) is 0 Å². The lowest BCUT2D eigenvalue weighted by Crippen LogP contribution is -2.54. The highest BCUT2D eigenvalue weighted by Crippen LogP contribution is 2.16. The molecule has 1 aliphatic rings. The summed E-state index contributed by atoms with van der Waals surface area (Å²) in [4.78, 5) is 28.6. The van der Waals surface area contributed by atoms with Gasteiger partial charge >= 0.3 is 0 Å². The van der Waals surface area contributed by atoms with Crippen LogP contribution in [-0.4, -0.2) is 67.5 Å². The van der Waals surface area contributed by atoms with Gasteiger partial charge in [0.1, 0.15) is 5.75 Å². The second kappa shape index (κ2) is 9.57. The van der Waals surface area contributed by atoms with Gasteiger partial charge in [0.05, 0.1) is 0 Å². The minimum absolute atomic E-state index is 0.0278. The number of hydrogen-bond donors (Lipinski definition) is 1. The fraction of sp³-hybridized carbons (Fsp3) is 0.600. The van der Waals surface area contributed by atoms with Crippen molar-refractivity contribution in [2.24, 2.45) is 5.92 Å². The number of ether oxygens (including phenoxy) is 1. The SMILES string of the molecule is CCc1ccc(OC(C)C(=O)N2CCN(C(=O)C(C)CNC)CC2)cc1. The molecule has 2 rings (SSSR count). The first-order valence-corrected chi connectivity index (χ1v) is 9.44. The topological polar surface area (TPSA) is 61.9 Å². The van der Waals surface area contributed by atoms with E-state index in [-0.39, 0.29) is 17.7 Å². The molecule has 0 aliphatic carbocycles. The molecule has 2 atom stereocenters. The zero-order chi connectivity index (χ0) is 19.1. The summed E-state index contributed by atoms with van der Waals surface area (Å²) in [5, 5.41) is 3.03. The number of amides is 2. The predicted octanol–water partition coefficient (Wildman–Crippen LogP) is 1.54. The summed E-state index contributed by atoms with van der Waals surface area (Å²) in [6, 6.07) is 7.84. The van der Waals surface area contributed by atoms with Crippen molar-refractivity contribution < 1.29 is 14.3 Å². The van der Waals surface area contributed by atoms with Crippen LogP contribution in [0.5, 0.6) is 5.75 Å². The molecule has 6 heteroatoms. The lowest BCUT2D eigenvalue weighted by atomic mass is 10.1. The molecule has 1 N–H and O–H groups in total. The van der Waals surface area contributed by atoms with Crippen LogP contribution in [0.3, 0.4) is 0 Å². The first kappa shape index (κ1) is 20.2. The smallest absolute Gasteiger partial charge is 0.263 e. The van der Waals surface area contributed by atoms with E-state index in [0.717, 1.165) is 6.42 Å². The highest BCUT2D eigenvalue weighted by atomic mass is 16.5. The number of piperazine rings is 1. The molecule has 0 aromatic heterocycles. The van der Waals surface area contributed by atoms with Gasteiger partial charge in [0.2, 0.25) is 5.91 Å². The van der Waals surface area contributed by atoms with Crippen molar-refractivity contribution in [1.82, 2.24) is 15.1 Å². The van der Waals surface area contributed by atoms with Gasteiger partial charge in [0.15, 0.2) is 6.10 Å². The van der Waals surface area contributed by atoms with Crippen molar-refractivity contribution in [2.75, 3.05) is 39.8 Å². The molecule has 1 aromatic carbocycles. The number of carbonyl (C=O) groups is 2. The zero-order valence-corrected chi connectivity index (χ0v) is 16.3. The number of hydrogen-bond acceptors (Lipinski definition) is 4. The largest absolute Gasteiger partial charge is 0.481 e. The van der Waals surface area contributed by atoms with Crippen LogP contribution in [0.4, 0.5) is 0 Å². The summed E-state index contributed by atoms with van der Waals surface area (Å²) in [6.07, 6.45) is 0.443. The second-order valence-electron chi connectivity index (χ2n) is 6.87.